The summed E-state index contributed by atoms with van der Waals surface area (Å²) in [4.78, 5) is 0. The van der Waals surface area contributed by atoms with Crippen LogP contribution in [0.15, 0.2) is 28.7 Å². The van der Waals surface area contributed by atoms with Gasteiger partial charge in [0.15, 0.2) is 0 Å². The van der Waals surface area contributed by atoms with Gasteiger partial charge in [0.2, 0.25) is 5.89 Å². The molecular weight excluding hydrogens is 278 g/mol. The number of ether oxygens (including phenoxy) is 1. The molecule has 1 aliphatic carbocycles. The van der Waals surface area contributed by atoms with Crippen LogP contribution in [0.4, 0.5) is 0 Å². The van der Waals surface area contributed by atoms with Crippen molar-refractivity contribution in [1.82, 2.24) is 15.5 Å². The minimum Gasteiger partial charge on any atom is -0.496 e. The van der Waals surface area contributed by atoms with Gasteiger partial charge < -0.3 is 14.5 Å². The molecule has 0 bridgehead atoms. The molecule has 5 heteroatoms. The average molecular weight is 301 g/mol. The van der Waals surface area contributed by atoms with Gasteiger partial charge in [0.25, 0.3) is 5.89 Å². The second-order valence-corrected chi connectivity index (χ2v) is 5.95. The fourth-order valence-electron chi connectivity index (χ4n) is 3.09. The molecule has 0 unspecified atom stereocenters. The van der Waals surface area contributed by atoms with E-state index in [1.807, 2.05) is 24.3 Å². The minimum atomic E-state index is 0.506. The van der Waals surface area contributed by atoms with Crippen LogP contribution >= 0.6 is 0 Å². The van der Waals surface area contributed by atoms with Crippen LogP contribution in [-0.2, 0) is 6.54 Å². The first-order chi connectivity index (χ1) is 10.8. The Morgan fingerprint density at radius 3 is 2.86 bits per heavy atom. The molecule has 0 amide bonds. The van der Waals surface area contributed by atoms with E-state index in [-0.39, 0.29) is 0 Å². The van der Waals surface area contributed by atoms with Crippen molar-refractivity contribution in [3.8, 4) is 17.2 Å². The van der Waals surface area contributed by atoms with Crippen LogP contribution in [0.2, 0.25) is 0 Å². The molecule has 1 aromatic carbocycles. The largest absolute Gasteiger partial charge is 0.496 e. The molecule has 2 atom stereocenters. The van der Waals surface area contributed by atoms with E-state index in [0.717, 1.165) is 11.3 Å². The lowest BCUT2D eigenvalue weighted by Gasteiger charge is -2.29. The van der Waals surface area contributed by atoms with E-state index in [9.17, 15) is 0 Å². The van der Waals surface area contributed by atoms with Crippen LogP contribution in [0, 0.1) is 5.92 Å². The first-order valence-electron chi connectivity index (χ1n) is 7.97. The first-order valence-corrected chi connectivity index (χ1v) is 7.97. The van der Waals surface area contributed by atoms with Crippen LogP contribution in [0.5, 0.6) is 5.75 Å². The van der Waals surface area contributed by atoms with Crippen molar-refractivity contribution < 1.29 is 9.15 Å². The summed E-state index contributed by atoms with van der Waals surface area (Å²) in [6.45, 7) is 2.93. The lowest BCUT2D eigenvalue weighted by Crippen LogP contribution is -2.36. The number of aromatic nitrogens is 2. The van der Waals surface area contributed by atoms with Crippen LogP contribution in [0.25, 0.3) is 11.5 Å². The summed E-state index contributed by atoms with van der Waals surface area (Å²) in [5.41, 5.74) is 0.829. The highest BCUT2D eigenvalue weighted by molar-refractivity contribution is 5.62. The summed E-state index contributed by atoms with van der Waals surface area (Å²) in [7, 11) is 1.64. The second kappa shape index (κ2) is 6.92. The van der Waals surface area contributed by atoms with E-state index in [0.29, 0.717) is 30.3 Å². The average Bonchev–Trinajstić information content (AvgIpc) is 3.03. The maximum absolute atomic E-state index is 5.77. The topological polar surface area (TPSA) is 60.2 Å². The molecular formula is C17H23N3O2. The van der Waals surface area contributed by atoms with Crippen LogP contribution in [-0.4, -0.2) is 23.3 Å². The first kappa shape index (κ1) is 15.0. The van der Waals surface area contributed by atoms with E-state index < -0.39 is 0 Å². The molecule has 2 aromatic rings. The van der Waals surface area contributed by atoms with Gasteiger partial charge in [-0.2, -0.15) is 0 Å². The Bertz CT molecular complexity index is 611. The molecule has 1 aromatic heterocycles. The van der Waals surface area contributed by atoms with Gasteiger partial charge in [-0.15, -0.1) is 10.2 Å². The molecule has 1 saturated carbocycles. The van der Waals surface area contributed by atoms with E-state index in [4.69, 9.17) is 9.15 Å². The third-order valence-electron chi connectivity index (χ3n) is 4.43. The zero-order valence-electron chi connectivity index (χ0n) is 13.2. The Hall–Kier alpha value is -1.88. The summed E-state index contributed by atoms with van der Waals surface area (Å²) in [5.74, 6) is 2.58. The molecule has 1 aliphatic rings. The molecule has 0 spiro atoms. The van der Waals surface area contributed by atoms with Gasteiger partial charge in [-0.1, -0.05) is 31.9 Å². The van der Waals surface area contributed by atoms with Gasteiger partial charge in [-0.05, 0) is 30.9 Å². The molecule has 0 saturated heterocycles. The van der Waals surface area contributed by atoms with Crippen molar-refractivity contribution >= 4 is 0 Å². The van der Waals surface area contributed by atoms with Gasteiger partial charge in [-0.3, -0.25) is 0 Å². The number of hydrogen-bond donors (Lipinski definition) is 1. The van der Waals surface area contributed by atoms with E-state index in [1.165, 1.54) is 25.7 Å². The van der Waals surface area contributed by atoms with E-state index in [1.54, 1.807) is 7.11 Å². The predicted octanol–water partition coefficient (Wildman–Crippen LogP) is 3.41. The molecule has 0 radical (unpaired) electrons. The maximum atomic E-state index is 5.77. The van der Waals surface area contributed by atoms with Gasteiger partial charge in [-0.25, -0.2) is 0 Å². The Kier molecular flexibility index (Phi) is 4.73. The lowest BCUT2D eigenvalue weighted by atomic mass is 9.86. The highest BCUT2D eigenvalue weighted by Crippen LogP contribution is 2.28. The Labute approximate surface area is 131 Å². The lowest BCUT2D eigenvalue weighted by molar-refractivity contribution is 0.271. The van der Waals surface area contributed by atoms with Crippen molar-refractivity contribution in [2.45, 2.75) is 45.2 Å². The van der Waals surface area contributed by atoms with Crippen molar-refractivity contribution in [3.63, 3.8) is 0 Å². The highest BCUT2D eigenvalue weighted by Gasteiger charge is 2.21. The summed E-state index contributed by atoms with van der Waals surface area (Å²) in [6, 6.07) is 8.22. The third kappa shape index (κ3) is 3.30. The molecule has 0 aliphatic heterocycles. The van der Waals surface area contributed by atoms with Gasteiger partial charge >= 0.3 is 0 Å². The quantitative estimate of drug-likeness (QED) is 0.917. The van der Waals surface area contributed by atoms with Crippen molar-refractivity contribution in [2.24, 2.45) is 5.92 Å². The Balaban J connectivity index is 1.66. The fourth-order valence-corrected chi connectivity index (χ4v) is 3.09. The van der Waals surface area contributed by atoms with Gasteiger partial charge in [0.1, 0.15) is 5.75 Å². The number of methoxy groups -OCH3 is 1. The highest BCUT2D eigenvalue weighted by atomic mass is 16.5. The molecule has 1 N–H and O–H groups in total. The smallest absolute Gasteiger partial charge is 0.251 e. The van der Waals surface area contributed by atoms with Gasteiger partial charge in [0.05, 0.1) is 19.2 Å². The molecule has 1 heterocycles. The van der Waals surface area contributed by atoms with E-state index >= 15 is 0 Å². The predicted molar refractivity (Wildman–Crippen MR) is 84.5 cm³/mol. The monoisotopic (exact) mass is 301 g/mol. The van der Waals surface area contributed by atoms with Crippen molar-refractivity contribution in [1.29, 1.82) is 0 Å². The zero-order chi connectivity index (χ0) is 15.4. The summed E-state index contributed by atoms with van der Waals surface area (Å²) in [6.07, 6.45) is 5.18. The summed E-state index contributed by atoms with van der Waals surface area (Å²) >= 11 is 0. The number of nitrogens with zero attached hydrogens (tertiary/aromatic N) is 2. The number of benzene rings is 1. The maximum Gasteiger partial charge on any atom is 0.251 e. The SMILES string of the molecule is COc1ccccc1-c1nnc(CN[C@H]2CCCC[C@H]2C)o1. The van der Waals surface area contributed by atoms with Crippen LogP contribution < -0.4 is 10.1 Å². The van der Waals surface area contributed by atoms with Crippen LogP contribution in [0.1, 0.15) is 38.5 Å². The number of nitrogens with one attached hydrogen (secondary N) is 1. The minimum absolute atomic E-state index is 0.506. The number of para-hydroxylation sites is 1. The fraction of sp³-hybridized carbons (Fsp3) is 0.529. The Morgan fingerprint density at radius 1 is 1.23 bits per heavy atom. The standard InChI is InChI=1S/C17H23N3O2/c1-12-7-3-5-9-14(12)18-11-16-19-20-17(22-16)13-8-4-6-10-15(13)21-2/h4,6,8,10,12,14,18H,3,5,7,9,11H2,1-2H3/t12-,14+/m1/s1. The molecule has 118 valence electrons. The van der Waals surface area contributed by atoms with Crippen molar-refractivity contribution in [2.75, 3.05) is 7.11 Å². The second-order valence-electron chi connectivity index (χ2n) is 5.95. The molecule has 22 heavy (non-hydrogen) atoms. The Morgan fingerprint density at radius 2 is 2.05 bits per heavy atom. The zero-order valence-corrected chi connectivity index (χ0v) is 13.2. The van der Waals surface area contributed by atoms with Gasteiger partial charge in [0, 0.05) is 6.04 Å². The third-order valence-corrected chi connectivity index (χ3v) is 4.43. The number of rotatable bonds is 5. The number of hydrogen-bond acceptors (Lipinski definition) is 5. The molecule has 1 fully saturated rings. The van der Waals surface area contributed by atoms with E-state index in [2.05, 4.69) is 22.4 Å². The van der Waals surface area contributed by atoms with Crippen molar-refractivity contribution in [3.05, 3.63) is 30.2 Å². The molecule has 5 nitrogen and oxygen atoms in total. The molecule has 3 rings (SSSR count). The normalized spacial score (nSPS) is 21.7. The summed E-state index contributed by atoms with van der Waals surface area (Å²) in [5, 5.41) is 11.8. The summed E-state index contributed by atoms with van der Waals surface area (Å²) < 4.78 is 11.1. The van der Waals surface area contributed by atoms with Crippen LogP contribution in [0.3, 0.4) is 0 Å².